The molecule has 3 rings (SSSR count). The molecule has 0 saturated heterocycles. The minimum absolute atomic E-state index is 0.174. The Labute approximate surface area is 139 Å². The average Bonchev–Trinajstić information content (AvgIpc) is 2.60. The van der Waals surface area contributed by atoms with Crippen molar-refractivity contribution in [3.05, 3.63) is 72.8 Å². The molecule has 2 aromatic carbocycles. The summed E-state index contributed by atoms with van der Waals surface area (Å²) >= 11 is 0. The molecule has 1 unspecified atom stereocenters. The molecule has 0 spiro atoms. The molecule has 3 amide bonds. The Balaban J connectivity index is 2.18. The van der Waals surface area contributed by atoms with Crippen LogP contribution in [0.1, 0.15) is 5.56 Å². The van der Waals surface area contributed by atoms with Crippen LogP contribution in [0.15, 0.2) is 67.3 Å². The highest BCUT2D eigenvalue weighted by atomic mass is 16.3. The smallest absolute Gasteiger partial charge is 0.329 e. The van der Waals surface area contributed by atoms with Crippen molar-refractivity contribution in [2.75, 3.05) is 16.8 Å². The number of rotatable bonds is 4. The Morgan fingerprint density at radius 2 is 1.88 bits per heavy atom. The predicted octanol–water partition coefficient (Wildman–Crippen LogP) is 2.19. The van der Waals surface area contributed by atoms with Gasteiger partial charge >= 0.3 is 6.03 Å². The van der Waals surface area contributed by atoms with Crippen LogP contribution in [0, 0.1) is 0 Å². The average molecular weight is 323 g/mol. The predicted molar refractivity (Wildman–Crippen MR) is 91.5 cm³/mol. The van der Waals surface area contributed by atoms with Crippen LogP contribution in [0.25, 0.3) is 0 Å². The highest BCUT2D eigenvalue weighted by Crippen LogP contribution is 2.39. The van der Waals surface area contributed by atoms with Gasteiger partial charge < -0.3 is 15.7 Å². The molecule has 1 aliphatic heterocycles. The Morgan fingerprint density at radius 3 is 2.58 bits per heavy atom. The SMILES string of the molecule is C=CCNC(=O)C1(O)c2ccccc2NC(=O)N1c1ccccc1. The van der Waals surface area contributed by atoms with Gasteiger partial charge in [0.1, 0.15) is 0 Å². The number of nitrogens with one attached hydrogen (secondary N) is 2. The largest absolute Gasteiger partial charge is 0.359 e. The van der Waals surface area contributed by atoms with E-state index in [1.165, 1.54) is 6.08 Å². The second kappa shape index (κ2) is 6.17. The van der Waals surface area contributed by atoms with Crippen molar-refractivity contribution in [3.63, 3.8) is 0 Å². The van der Waals surface area contributed by atoms with Crippen LogP contribution in [0.2, 0.25) is 0 Å². The Bertz CT molecular complexity index is 791. The zero-order valence-electron chi connectivity index (χ0n) is 12.9. The van der Waals surface area contributed by atoms with Crippen molar-refractivity contribution in [2.24, 2.45) is 0 Å². The van der Waals surface area contributed by atoms with Crippen LogP contribution >= 0.6 is 0 Å². The maximum Gasteiger partial charge on any atom is 0.329 e. The van der Waals surface area contributed by atoms with E-state index in [-0.39, 0.29) is 6.54 Å². The molecule has 0 saturated carbocycles. The summed E-state index contributed by atoms with van der Waals surface area (Å²) in [7, 11) is 0. The third kappa shape index (κ3) is 2.43. The molecule has 2 aromatic rings. The second-order valence-corrected chi connectivity index (χ2v) is 5.32. The molecule has 24 heavy (non-hydrogen) atoms. The van der Waals surface area contributed by atoms with Gasteiger partial charge in [-0.25, -0.2) is 4.79 Å². The number of carbonyl (C=O) groups is 2. The van der Waals surface area contributed by atoms with E-state index in [2.05, 4.69) is 17.2 Å². The van der Waals surface area contributed by atoms with E-state index < -0.39 is 17.7 Å². The number of amides is 3. The first-order valence-electron chi connectivity index (χ1n) is 7.46. The number of hydrogen-bond donors (Lipinski definition) is 3. The van der Waals surface area contributed by atoms with Gasteiger partial charge in [-0.2, -0.15) is 0 Å². The van der Waals surface area contributed by atoms with Crippen molar-refractivity contribution in [1.82, 2.24) is 5.32 Å². The lowest BCUT2D eigenvalue weighted by Gasteiger charge is -2.42. The van der Waals surface area contributed by atoms with E-state index in [1.54, 1.807) is 54.6 Å². The first-order chi connectivity index (χ1) is 11.6. The van der Waals surface area contributed by atoms with Crippen molar-refractivity contribution in [1.29, 1.82) is 0 Å². The number of urea groups is 1. The molecular formula is C18H17N3O3. The van der Waals surface area contributed by atoms with Crippen molar-refractivity contribution < 1.29 is 14.7 Å². The van der Waals surface area contributed by atoms with Crippen LogP contribution in [-0.2, 0) is 10.5 Å². The third-order valence-corrected chi connectivity index (χ3v) is 3.81. The monoisotopic (exact) mass is 323 g/mol. The first-order valence-corrected chi connectivity index (χ1v) is 7.46. The number of aliphatic hydroxyl groups is 1. The highest BCUT2D eigenvalue weighted by Gasteiger charge is 2.51. The van der Waals surface area contributed by atoms with Gasteiger partial charge in [-0.05, 0) is 18.2 Å². The summed E-state index contributed by atoms with van der Waals surface area (Å²) in [5.41, 5.74) is -1.06. The van der Waals surface area contributed by atoms with E-state index in [0.29, 0.717) is 16.9 Å². The normalized spacial score (nSPS) is 19.2. The minimum atomic E-state index is -2.16. The molecule has 0 bridgehead atoms. The van der Waals surface area contributed by atoms with E-state index in [0.717, 1.165) is 4.90 Å². The number of benzene rings is 2. The van der Waals surface area contributed by atoms with Crippen molar-refractivity contribution in [3.8, 4) is 0 Å². The number of para-hydroxylation sites is 2. The first kappa shape index (κ1) is 15.8. The standard InChI is InChI=1S/C18H17N3O3/c1-2-12-19-16(22)18(24)14-10-6-7-11-15(14)20-17(23)21(18)13-8-4-3-5-9-13/h2-11,24H,1,12H2,(H,19,22)(H,20,23). The van der Waals surface area contributed by atoms with Crippen LogP contribution in [-0.4, -0.2) is 23.6 Å². The summed E-state index contributed by atoms with van der Waals surface area (Å²) in [5.74, 6) is -0.700. The molecule has 1 heterocycles. The fraction of sp³-hybridized carbons (Fsp3) is 0.111. The van der Waals surface area contributed by atoms with E-state index >= 15 is 0 Å². The van der Waals surface area contributed by atoms with Crippen LogP contribution in [0.4, 0.5) is 16.2 Å². The molecule has 0 aromatic heterocycles. The highest BCUT2D eigenvalue weighted by molar-refractivity contribution is 6.11. The molecule has 6 heteroatoms. The van der Waals surface area contributed by atoms with E-state index in [9.17, 15) is 14.7 Å². The maximum absolute atomic E-state index is 12.7. The number of nitrogens with zero attached hydrogens (tertiary/aromatic N) is 1. The van der Waals surface area contributed by atoms with Crippen LogP contribution in [0.3, 0.4) is 0 Å². The van der Waals surface area contributed by atoms with Crippen molar-refractivity contribution >= 4 is 23.3 Å². The lowest BCUT2D eigenvalue weighted by molar-refractivity contribution is -0.140. The molecular weight excluding hydrogens is 306 g/mol. The molecule has 6 nitrogen and oxygen atoms in total. The summed E-state index contributed by atoms with van der Waals surface area (Å²) in [6, 6.07) is 14.6. The number of fused-ring (bicyclic) bond motifs is 1. The third-order valence-electron chi connectivity index (χ3n) is 3.81. The molecule has 0 radical (unpaired) electrons. The van der Waals surface area contributed by atoms with Gasteiger partial charge in [0.2, 0.25) is 0 Å². The summed E-state index contributed by atoms with van der Waals surface area (Å²) in [4.78, 5) is 26.4. The van der Waals surface area contributed by atoms with Gasteiger partial charge in [-0.1, -0.05) is 42.5 Å². The summed E-state index contributed by atoms with van der Waals surface area (Å²) < 4.78 is 0. The van der Waals surface area contributed by atoms with Gasteiger partial charge in [0.15, 0.2) is 0 Å². The fourth-order valence-electron chi connectivity index (χ4n) is 2.73. The Kier molecular flexibility index (Phi) is 4.05. The molecule has 1 aliphatic rings. The summed E-state index contributed by atoms with van der Waals surface area (Å²) in [6.07, 6.45) is 1.50. The van der Waals surface area contributed by atoms with Gasteiger partial charge in [-0.3, -0.25) is 9.69 Å². The van der Waals surface area contributed by atoms with Crippen LogP contribution in [0.5, 0.6) is 0 Å². The second-order valence-electron chi connectivity index (χ2n) is 5.32. The zero-order valence-corrected chi connectivity index (χ0v) is 12.9. The molecule has 3 N–H and O–H groups in total. The number of carbonyl (C=O) groups excluding carboxylic acids is 2. The van der Waals surface area contributed by atoms with Gasteiger partial charge in [0.25, 0.3) is 11.6 Å². The van der Waals surface area contributed by atoms with Gasteiger partial charge in [0.05, 0.1) is 5.69 Å². The van der Waals surface area contributed by atoms with E-state index in [1.807, 2.05) is 0 Å². The van der Waals surface area contributed by atoms with Gasteiger partial charge in [0, 0.05) is 17.8 Å². The Hall–Kier alpha value is -3.12. The fourth-order valence-corrected chi connectivity index (χ4v) is 2.73. The van der Waals surface area contributed by atoms with Crippen molar-refractivity contribution in [2.45, 2.75) is 5.72 Å². The summed E-state index contributed by atoms with van der Waals surface area (Å²) in [6.45, 7) is 3.72. The lowest BCUT2D eigenvalue weighted by Crippen LogP contribution is -2.62. The quantitative estimate of drug-likeness (QED) is 0.754. The minimum Gasteiger partial charge on any atom is -0.359 e. The summed E-state index contributed by atoms with van der Waals surface area (Å²) in [5, 5.41) is 16.6. The lowest BCUT2D eigenvalue weighted by atomic mass is 9.95. The Morgan fingerprint density at radius 1 is 1.21 bits per heavy atom. The zero-order chi connectivity index (χ0) is 17.2. The maximum atomic E-state index is 12.7. The number of hydrogen-bond acceptors (Lipinski definition) is 3. The van der Waals surface area contributed by atoms with E-state index in [4.69, 9.17) is 0 Å². The molecule has 1 atom stereocenters. The molecule has 0 fully saturated rings. The van der Waals surface area contributed by atoms with Gasteiger partial charge in [-0.15, -0.1) is 6.58 Å². The topological polar surface area (TPSA) is 81.7 Å². The number of anilines is 2. The molecule has 0 aliphatic carbocycles. The van der Waals surface area contributed by atoms with Crippen LogP contribution < -0.4 is 15.5 Å². The molecule has 122 valence electrons.